The Kier molecular flexibility index (Phi) is 3.63. The molecule has 2 aliphatic rings. The molecule has 2 heterocycles. The minimum Gasteiger partial charge on any atom is -0.550 e. The van der Waals surface area contributed by atoms with E-state index in [4.69, 9.17) is 4.74 Å². The van der Waals surface area contributed by atoms with Gasteiger partial charge in [-0.25, -0.2) is 4.39 Å². The van der Waals surface area contributed by atoms with Crippen LogP contribution in [0, 0.1) is 17.7 Å². The number of carboxylic acids is 1. The van der Waals surface area contributed by atoms with Crippen LogP contribution in [0.4, 0.5) is 4.39 Å². The Hall–Kier alpha value is -1.95. The Morgan fingerprint density at radius 2 is 1.81 bits per heavy atom. The van der Waals surface area contributed by atoms with E-state index in [1.807, 2.05) is 0 Å². The van der Waals surface area contributed by atoms with E-state index in [0.29, 0.717) is 12.8 Å². The molecule has 112 valence electrons. The molecule has 2 saturated heterocycles. The Bertz CT molecular complexity index is 559. The normalized spacial score (nSPS) is 30.3. The summed E-state index contributed by atoms with van der Waals surface area (Å²) in [6, 6.07) is 5.77. The smallest absolute Gasteiger partial charge is 0.226 e. The number of halogens is 1. The Labute approximate surface area is 121 Å². The first-order valence-electron chi connectivity index (χ1n) is 6.95. The van der Waals surface area contributed by atoms with E-state index >= 15 is 0 Å². The zero-order valence-electron chi connectivity index (χ0n) is 11.3. The van der Waals surface area contributed by atoms with Crippen molar-refractivity contribution in [3.63, 3.8) is 0 Å². The number of carboxylic acid groups (broad SMARTS) is 1. The van der Waals surface area contributed by atoms with Crippen molar-refractivity contribution in [2.24, 2.45) is 11.8 Å². The fourth-order valence-corrected chi connectivity index (χ4v) is 3.22. The molecule has 0 aliphatic carbocycles. The summed E-state index contributed by atoms with van der Waals surface area (Å²) in [5.41, 5.74) is 0.749. The summed E-state index contributed by atoms with van der Waals surface area (Å²) in [7, 11) is 0. The number of ether oxygens (including phenoxy) is 1. The molecule has 3 rings (SSSR count). The van der Waals surface area contributed by atoms with Gasteiger partial charge in [0, 0.05) is 18.4 Å². The Morgan fingerprint density at radius 3 is 2.43 bits per heavy atom. The van der Waals surface area contributed by atoms with Gasteiger partial charge in [0.15, 0.2) is 0 Å². The number of hydrogen-bond donors (Lipinski definition) is 1. The standard InChI is InChI=1S/C15H16FNO4/c16-9-3-1-8(2-4-9)7-17-14(18)12-10-5-6-11(21-10)13(12)15(19)20/h1-4,10-13H,5-7H2,(H,17,18)(H,19,20)/p-1/t10-,11+,12-,13+/m1/s1. The second kappa shape index (κ2) is 5.44. The maximum atomic E-state index is 12.8. The molecule has 0 aromatic heterocycles. The minimum atomic E-state index is -1.23. The van der Waals surface area contributed by atoms with Crippen LogP contribution in [0.25, 0.3) is 0 Å². The van der Waals surface area contributed by atoms with Gasteiger partial charge in [0.1, 0.15) is 5.82 Å². The topological polar surface area (TPSA) is 78.5 Å². The largest absolute Gasteiger partial charge is 0.550 e. The van der Waals surface area contributed by atoms with Gasteiger partial charge in [0.2, 0.25) is 5.91 Å². The molecule has 6 heteroatoms. The van der Waals surface area contributed by atoms with Crippen molar-refractivity contribution < 1.29 is 23.8 Å². The van der Waals surface area contributed by atoms with Gasteiger partial charge in [-0.1, -0.05) is 12.1 Å². The number of carbonyl (C=O) groups is 2. The van der Waals surface area contributed by atoms with Crippen LogP contribution < -0.4 is 10.4 Å². The number of nitrogens with one attached hydrogen (secondary N) is 1. The van der Waals surface area contributed by atoms with E-state index in [-0.39, 0.29) is 24.4 Å². The third kappa shape index (κ3) is 2.63. The van der Waals surface area contributed by atoms with Gasteiger partial charge in [0.05, 0.1) is 18.1 Å². The van der Waals surface area contributed by atoms with Crippen LogP contribution in [0.5, 0.6) is 0 Å². The molecule has 21 heavy (non-hydrogen) atoms. The van der Waals surface area contributed by atoms with Gasteiger partial charge in [-0.15, -0.1) is 0 Å². The van der Waals surface area contributed by atoms with E-state index in [1.54, 1.807) is 12.1 Å². The predicted octanol–water partition coefficient (Wildman–Crippen LogP) is -0.0146. The molecule has 4 atom stereocenters. The highest BCUT2D eigenvalue weighted by Crippen LogP contribution is 2.43. The third-order valence-corrected chi connectivity index (χ3v) is 4.23. The summed E-state index contributed by atoms with van der Waals surface area (Å²) in [4.78, 5) is 23.4. The number of carbonyl (C=O) groups excluding carboxylic acids is 2. The average molecular weight is 292 g/mol. The van der Waals surface area contributed by atoms with E-state index in [9.17, 15) is 19.1 Å². The van der Waals surface area contributed by atoms with Crippen molar-refractivity contribution >= 4 is 11.9 Å². The lowest BCUT2D eigenvalue weighted by atomic mass is 9.78. The molecule has 0 saturated carbocycles. The first kappa shape index (κ1) is 14.0. The number of hydrogen-bond acceptors (Lipinski definition) is 4. The molecule has 0 radical (unpaired) electrons. The van der Waals surface area contributed by atoms with Gasteiger partial charge in [-0.3, -0.25) is 4.79 Å². The van der Waals surface area contributed by atoms with Gasteiger partial charge >= 0.3 is 0 Å². The summed E-state index contributed by atoms with van der Waals surface area (Å²) in [5.74, 6) is -3.50. The Balaban J connectivity index is 1.64. The average Bonchev–Trinajstić information content (AvgIpc) is 3.06. The van der Waals surface area contributed by atoms with Crippen molar-refractivity contribution in [1.29, 1.82) is 0 Å². The van der Waals surface area contributed by atoms with Crippen molar-refractivity contribution in [2.75, 3.05) is 0 Å². The summed E-state index contributed by atoms with van der Waals surface area (Å²) >= 11 is 0. The molecule has 1 N–H and O–H groups in total. The molecule has 1 aromatic carbocycles. The molecule has 2 bridgehead atoms. The van der Waals surface area contributed by atoms with Gasteiger partial charge < -0.3 is 20.0 Å². The highest BCUT2D eigenvalue weighted by molar-refractivity contribution is 5.86. The zero-order valence-corrected chi connectivity index (χ0v) is 11.3. The lowest BCUT2D eigenvalue weighted by Gasteiger charge is -2.27. The van der Waals surface area contributed by atoms with E-state index < -0.39 is 23.9 Å². The lowest BCUT2D eigenvalue weighted by molar-refractivity contribution is -0.314. The highest BCUT2D eigenvalue weighted by Gasteiger charge is 2.52. The number of aliphatic carboxylic acids is 1. The summed E-state index contributed by atoms with van der Waals surface area (Å²) in [6.45, 7) is 0.229. The SMILES string of the molecule is O=C([O-])[C@@H]1[C@H](C(=O)NCc2ccc(F)cc2)[C@H]2CC[C@@H]1O2. The molecule has 0 spiro atoms. The Morgan fingerprint density at radius 1 is 1.19 bits per heavy atom. The lowest BCUT2D eigenvalue weighted by Crippen LogP contribution is -2.48. The summed E-state index contributed by atoms with van der Waals surface area (Å²) in [6.07, 6.45) is 0.599. The quantitative estimate of drug-likeness (QED) is 0.846. The van der Waals surface area contributed by atoms with Gasteiger partial charge in [-0.2, -0.15) is 0 Å². The van der Waals surface area contributed by atoms with Crippen molar-refractivity contribution in [1.82, 2.24) is 5.32 Å². The second-order valence-corrected chi connectivity index (χ2v) is 5.51. The monoisotopic (exact) mass is 292 g/mol. The fraction of sp³-hybridized carbons (Fsp3) is 0.467. The first-order chi connectivity index (χ1) is 10.1. The first-order valence-corrected chi connectivity index (χ1v) is 6.95. The van der Waals surface area contributed by atoms with Crippen molar-refractivity contribution in [2.45, 2.75) is 31.6 Å². The molecule has 5 nitrogen and oxygen atoms in total. The number of rotatable bonds is 4. The molecule has 2 aliphatic heterocycles. The highest BCUT2D eigenvalue weighted by atomic mass is 19.1. The number of amides is 1. The molecule has 2 fully saturated rings. The molecular weight excluding hydrogens is 277 g/mol. The maximum Gasteiger partial charge on any atom is 0.226 e. The van der Waals surface area contributed by atoms with Crippen LogP contribution in [0.2, 0.25) is 0 Å². The summed E-state index contributed by atoms with van der Waals surface area (Å²) < 4.78 is 18.3. The predicted molar refractivity (Wildman–Crippen MR) is 68.1 cm³/mol. The van der Waals surface area contributed by atoms with Crippen LogP contribution >= 0.6 is 0 Å². The third-order valence-electron chi connectivity index (χ3n) is 4.23. The molecule has 0 unspecified atom stereocenters. The van der Waals surface area contributed by atoms with Crippen LogP contribution in [0.3, 0.4) is 0 Å². The van der Waals surface area contributed by atoms with Crippen molar-refractivity contribution in [3.8, 4) is 0 Å². The zero-order chi connectivity index (χ0) is 15.0. The van der Waals surface area contributed by atoms with E-state index in [2.05, 4.69) is 5.32 Å². The molecule has 1 aromatic rings. The van der Waals surface area contributed by atoms with Gasteiger partial charge in [0.25, 0.3) is 0 Å². The van der Waals surface area contributed by atoms with Crippen LogP contribution in [-0.2, 0) is 20.9 Å². The second-order valence-electron chi connectivity index (χ2n) is 5.51. The minimum absolute atomic E-state index is 0.229. The van der Waals surface area contributed by atoms with Crippen LogP contribution in [-0.4, -0.2) is 24.1 Å². The number of fused-ring (bicyclic) bond motifs is 2. The van der Waals surface area contributed by atoms with Crippen molar-refractivity contribution in [3.05, 3.63) is 35.6 Å². The fourth-order valence-electron chi connectivity index (χ4n) is 3.22. The summed E-state index contributed by atoms with van der Waals surface area (Å²) in [5, 5.41) is 13.9. The van der Waals surface area contributed by atoms with Crippen LogP contribution in [0.15, 0.2) is 24.3 Å². The van der Waals surface area contributed by atoms with Gasteiger partial charge in [-0.05, 0) is 30.5 Å². The number of benzene rings is 1. The van der Waals surface area contributed by atoms with Crippen LogP contribution in [0.1, 0.15) is 18.4 Å². The molecular formula is C15H15FNO4-. The molecule has 1 amide bonds. The maximum absolute atomic E-state index is 12.8. The van der Waals surface area contributed by atoms with E-state index in [0.717, 1.165) is 5.56 Å². The van der Waals surface area contributed by atoms with E-state index in [1.165, 1.54) is 12.1 Å².